The van der Waals surface area contributed by atoms with Gasteiger partial charge in [-0.1, -0.05) is 5.16 Å². The summed E-state index contributed by atoms with van der Waals surface area (Å²) in [6, 6.07) is 8.99. The molecule has 1 aromatic heterocycles. The molecule has 0 fully saturated rings. The molecule has 0 saturated heterocycles. The van der Waals surface area contributed by atoms with Gasteiger partial charge in [0.05, 0.1) is 19.9 Å². The average molecular weight is 458 g/mol. The first-order valence-electron chi connectivity index (χ1n) is 9.13. The van der Waals surface area contributed by atoms with Gasteiger partial charge in [0.1, 0.15) is 16.6 Å². The number of halogens is 1. The summed E-state index contributed by atoms with van der Waals surface area (Å²) in [6.07, 6.45) is 0.796. The number of carbonyl (C=O) groups excluding carboxylic acids is 1. The van der Waals surface area contributed by atoms with Gasteiger partial charge in [-0.15, -0.1) is 11.8 Å². The number of aromatic nitrogens is 2. The number of phenolic OH excluding ortho intramolecular Hbond substituents is 1. The van der Waals surface area contributed by atoms with Crippen molar-refractivity contribution in [1.82, 2.24) is 10.1 Å². The van der Waals surface area contributed by atoms with Crippen LogP contribution in [0.3, 0.4) is 0 Å². The Labute approximate surface area is 187 Å². The molecule has 0 radical (unpaired) electrons. The third-order valence-corrected chi connectivity index (χ3v) is 4.85. The van der Waals surface area contributed by atoms with Crippen LogP contribution in [-0.2, 0) is 4.74 Å². The lowest BCUT2D eigenvalue weighted by Gasteiger charge is -2.12. The molecule has 1 heterocycles. The second kappa shape index (κ2) is 10.1. The molecule has 1 N–H and O–H groups in total. The van der Waals surface area contributed by atoms with E-state index in [4.69, 9.17) is 9.26 Å². The van der Waals surface area contributed by atoms with E-state index in [1.54, 1.807) is 37.4 Å². The minimum Gasteiger partial charge on any atom is -0.504 e. The summed E-state index contributed by atoms with van der Waals surface area (Å²) in [7, 11) is 2.52. The number of nitrogens with zero attached hydrogens (tertiary/aromatic N) is 4. The number of phenols is 1. The van der Waals surface area contributed by atoms with Crippen LogP contribution in [0.25, 0.3) is 11.4 Å². The Bertz CT molecular complexity index is 1190. The van der Waals surface area contributed by atoms with E-state index in [0.717, 1.165) is 17.8 Å². The quantitative estimate of drug-likeness (QED) is 0.437. The van der Waals surface area contributed by atoms with Crippen molar-refractivity contribution in [3.05, 3.63) is 53.7 Å². The highest BCUT2D eigenvalue weighted by molar-refractivity contribution is 8.15. The van der Waals surface area contributed by atoms with Crippen molar-refractivity contribution in [3.63, 3.8) is 0 Å². The normalized spacial score (nSPS) is 12.0. The van der Waals surface area contributed by atoms with E-state index in [1.165, 1.54) is 20.3 Å². The zero-order chi connectivity index (χ0) is 23.3. The molecule has 9 nitrogen and oxygen atoms in total. The van der Waals surface area contributed by atoms with Gasteiger partial charge in [0, 0.05) is 24.1 Å². The molecule has 0 aliphatic rings. The number of aliphatic imine (C=N–C) groups is 2. The second-order valence-corrected chi connectivity index (χ2v) is 7.03. The summed E-state index contributed by atoms with van der Waals surface area (Å²) >= 11 is 1.08. The first-order valence-corrected chi connectivity index (χ1v) is 10.4. The van der Waals surface area contributed by atoms with Gasteiger partial charge in [0.15, 0.2) is 11.5 Å². The molecule has 0 saturated carbocycles. The van der Waals surface area contributed by atoms with Gasteiger partial charge in [0.25, 0.3) is 0 Å². The van der Waals surface area contributed by atoms with E-state index in [9.17, 15) is 14.3 Å². The van der Waals surface area contributed by atoms with Gasteiger partial charge in [-0.05, 0) is 36.6 Å². The van der Waals surface area contributed by atoms with Crippen molar-refractivity contribution in [2.24, 2.45) is 9.98 Å². The molecule has 3 rings (SSSR count). The Morgan fingerprint density at radius 3 is 2.50 bits per heavy atom. The molecular formula is C21H19FN4O5S. The lowest BCUT2D eigenvalue weighted by molar-refractivity contribution is 0.183. The maximum absolute atomic E-state index is 14.8. The highest BCUT2D eigenvalue weighted by atomic mass is 32.2. The number of hydrogen-bond acceptors (Lipinski definition) is 9. The van der Waals surface area contributed by atoms with Crippen LogP contribution < -0.4 is 4.74 Å². The number of thioether (sulfide) groups is 1. The maximum Gasteiger partial charge on any atom is 0.434 e. The number of methoxy groups -OCH3 is 2. The van der Waals surface area contributed by atoms with Crippen LogP contribution >= 0.6 is 11.8 Å². The van der Waals surface area contributed by atoms with E-state index in [0.29, 0.717) is 23.0 Å². The fraction of sp³-hybridized carbons (Fsp3) is 0.190. The molecule has 11 heteroatoms. The van der Waals surface area contributed by atoms with E-state index >= 15 is 0 Å². The zero-order valence-corrected chi connectivity index (χ0v) is 18.4. The van der Waals surface area contributed by atoms with E-state index in [2.05, 4.69) is 24.9 Å². The van der Waals surface area contributed by atoms with Gasteiger partial charge in [-0.2, -0.15) is 9.98 Å². The third-order valence-electron chi connectivity index (χ3n) is 4.18. The Morgan fingerprint density at radius 2 is 1.94 bits per heavy atom. The molecule has 0 bridgehead atoms. The van der Waals surface area contributed by atoms with Gasteiger partial charge in [-0.25, -0.2) is 14.2 Å². The van der Waals surface area contributed by atoms with Gasteiger partial charge >= 0.3 is 6.09 Å². The van der Waals surface area contributed by atoms with Gasteiger partial charge in [-0.3, -0.25) is 0 Å². The molecule has 0 spiro atoms. The predicted octanol–water partition coefficient (Wildman–Crippen LogP) is 4.55. The van der Waals surface area contributed by atoms with Crippen LogP contribution in [0.1, 0.15) is 11.5 Å². The molecular weight excluding hydrogens is 439 g/mol. The number of amides is 1. The highest BCUT2D eigenvalue weighted by Crippen LogP contribution is 2.31. The van der Waals surface area contributed by atoms with Crippen molar-refractivity contribution in [1.29, 1.82) is 0 Å². The second-order valence-electron chi connectivity index (χ2n) is 6.24. The first-order chi connectivity index (χ1) is 15.4. The van der Waals surface area contributed by atoms with Crippen LogP contribution in [0.5, 0.6) is 11.5 Å². The first kappa shape index (κ1) is 22.9. The fourth-order valence-electron chi connectivity index (χ4n) is 2.67. The average Bonchev–Trinajstić information content (AvgIpc) is 3.23. The number of aromatic hydroxyl groups is 1. The van der Waals surface area contributed by atoms with Crippen molar-refractivity contribution < 1.29 is 28.3 Å². The summed E-state index contributed by atoms with van der Waals surface area (Å²) in [6.45, 7) is 1.69. The summed E-state index contributed by atoms with van der Waals surface area (Å²) < 4.78 is 29.5. The van der Waals surface area contributed by atoms with Crippen molar-refractivity contribution in [2.75, 3.05) is 20.5 Å². The fourth-order valence-corrected chi connectivity index (χ4v) is 3.18. The standard InChI is InChI=1S/C21H19FN4O5S/c1-11-23-19(26-31-11)12-5-7-13(8-6-12)24-18(20(32-4)25-21(28)30-3)14-9-17(29-2)16(27)10-15(14)22/h5-10,27H,1-4H3/b24-18+,25-20-. The molecule has 0 unspecified atom stereocenters. The van der Waals surface area contributed by atoms with Crippen molar-refractivity contribution in [3.8, 4) is 22.9 Å². The van der Waals surface area contributed by atoms with Crippen molar-refractivity contribution in [2.45, 2.75) is 6.92 Å². The molecule has 0 atom stereocenters. The van der Waals surface area contributed by atoms with Crippen LogP contribution in [0, 0.1) is 12.7 Å². The van der Waals surface area contributed by atoms with Crippen LogP contribution in [0.2, 0.25) is 0 Å². The lowest BCUT2D eigenvalue weighted by atomic mass is 10.1. The molecule has 0 aliphatic carbocycles. The molecule has 2 aromatic carbocycles. The number of rotatable bonds is 5. The monoisotopic (exact) mass is 458 g/mol. The smallest absolute Gasteiger partial charge is 0.434 e. The number of aryl methyl sites for hydroxylation is 1. The van der Waals surface area contributed by atoms with E-state index in [1.807, 2.05) is 0 Å². The predicted molar refractivity (Wildman–Crippen MR) is 119 cm³/mol. The summed E-state index contributed by atoms with van der Waals surface area (Å²) in [5.74, 6) is -0.249. The maximum atomic E-state index is 14.8. The molecule has 32 heavy (non-hydrogen) atoms. The summed E-state index contributed by atoms with van der Waals surface area (Å²) in [4.78, 5) is 24.3. The number of carbonyl (C=O) groups is 1. The largest absolute Gasteiger partial charge is 0.504 e. The number of ether oxygens (including phenoxy) is 2. The van der Waals surface area contributed by atoms with E-state index in [-0.39, 0.29) is 27.8 Å². The SMILES string of the molecule is COC(=O)/N=C(SC)/C(=N/c1ccc(-c2noc(C)n2)cc1)c1cc(OC)c(O)cc1F. The summed E-state index contributed by atoms with van der Waals surface area (Å²) in [5, 5.41) is 13.8. The molecule has 1 amide bonds. The topological polar surface area (TPSA) is 119 Å². The van der Waals surface area contributed by atoms with Crippen LogP contribution in [0.15, 0.2) is 50.9 Å². The van der Waals surface area contributed by atoms with Crippen LogP contribution in [0.4, 0.5) is 14.9 Å². The number of hydrogen-bond donors (Lipinski definition) is 1. The number of benzene rings is 2. The lowest BCUT2D eigenvalue weighted by Crippen LogP contribution is -2.16. The minimum atomic E-state index is -0.865. The third kappa shape index (κ3) is 5.11. The molecule has 166 valence electrons. The Kier molecular flexibility index (Phi) is 7.21. The highest BCUT2D eigenvalue weighted by Gasteiger charge is 2.21. The Balaban J connectivity index is 2.13. The van der Waals surface area contributed by atoms with Gasteiger partial charge in [0.2, 0.25) is 11.7 Å². The Hall–Kier alpha value is -3.73. The summed E-state index contributed by atoms with van der Waals surface area (Å²) in [5.41, 5.74) is 1.19. The Morgan fingerprint density at radius 1 is 1.22 bits per heavy atom. The van der Waals surface area contributed by atoms with Crippen molar-refractivity contribution >= 4 is 34.3 Å². The van der Waals surface area contributed by atoms with E-state index < -0.39 is 11.9 Å². The minimum absolute atomic E-state index is 0.0190. The molecule has 3 aromatic rings. The van der Waals surface area contributed by atoms with Gasteiger partial charge < -0.3 is 19.1 Å². The molecule has 0 aliphatic heterocycles. The van der Waals surface area contributed by atoms with Crippen LogP contribution in [-0.4, -0.2) is 52.6 Å². The zero-order valence-electron chi connectivity index (χ0n) is 17.6.